The quantitative estimate of drug-likeness (QED) is 0.807. The Labute approximate surface area is 102 Å². The topological polar surface area (TPSA) is 66.8 Å². The summed E-state index contributed by atoms with van der Waals surface area (Å²) in [6, 6.07) is -0.663. The lowest BCUT2D eigenvalue weighted by molar-refractivity contribution is -0.154. The molecule has 5 nitrogen and oxygen atoms in total. The number of nitrogens with zero attached hydrogens (tertiary/aromatic N) is 1. The molecule has 1 atom stereocenters. The molecule has 0 aromatic heterocycles. The van der Waals surface area contributed by atoms with Crippen molar-refractivity contribution in [3.05, 3.63) is 0 Å². The van der Waals surface area contributed by atoms with E-state index in [4.69, 9.17) is 9.84 Å². The lowest BCUT2D eigenvalue weighted by Gasteiger charge is -2.35. The molecule has 0 aliphatic carbocycles. The van der Waals surface area contributed by atoms with Gasteiger partial charge in [-0.15, -0.1) is 0 Å². The van der Waals surface area contributed by atoms with Crippen LogP contribution in [0.4, 0.5) is 0 Å². The van der Waals surface area contributed by atoms with Crippen LogP contribution in [0.15, 0.2) is 0 Å². The van der Waals surface area contributed by atoms with Crippen LogP contribution in [0.3, 0.4) is 0 Å². The monoisotopic (exact) mass is 243 g/mol. The summed E-state index contributed by atoms with van der Waals surface area (Å²) in [6.45, 7) is 4.19. The summed E-state index contributed by atoms with van der Waals surface area (Å²) < 4.78 is 5.20. The molecule has 1 amide bonds. The average Bonchev–Trinajstić information content (AvgIpc) is 2.28. The van der Waals surface area contributed by atoms with Gasteiger partial charge in [0.05, 0.1) is 12.0 Å². The van der Waals surface area contributed by atoms with Crippen molar-refractivity contribution in [3.63, 3.8) is 0 Å². The predicted molar refractivity (Wildman–Crippen MR) is 62.7 cm³/mol. The maximum absolute atomic E-state index is 12.1. The van der Waals surface area contributed by atoms with E-state index in [9.17, 15) is 9.59 Å². The highest BCUT2D eigenvalue weighted by atomic mass is 16.5. The minimum Gasteiger partial charge on any atom is -0.480 e. The molecule has 1 fully saturated rings. The molecule has 0 aromatic rings. The van der Waals surface area contributed by atoms with E-state index in [0.29, 0.717) is 13.0 Å². The Hall–Kier alpha value is -1.10. The van der Waals surface area contributed by atoms with Gasteiger partial charge < -0.3 is 14.7 Å². The van der Waals surface area contributed by atoms with Crippen LogP contribution in [0, 0.1) is 0 Å². The number of likely N-dealkylation sites (tertiary alicyclic amines) is 1. The first-order valence-corrected chi connectivity index (χ1v) is 5.95. The molecule has 1 aliphatic rings. The number of carboxylic acid groups (broad SMARTS) is 1. The van der Waals surface area contributed by atoms with Gasteiger partial charge in [0.1, 0.15) is 6.04 Å². The lowest BCUT2D eigenvalue weighted by Crippen LogP contribution is -2.49. The Morgan fingerprint density at radius 1 is 1.41 bits per heavy atom. The van der Waals surface area contributed by atoms with Crippen LogP contribution < -0.4 is 0 Å². The molecule has 1 heterocycles. The van der Waals surface area contributed by atoms with E-state index in [1.54, 1.807) is 7.11 Å². The van der Waals surface area contributed by atoms with E-state index in [0.717, 1.165) is 12.8 Å². The number of carboxylic acids is 1. The molecule has 98 valence electrons. The zero-order chi connectivity index (χ0) is 13.1. The maximum atomic E-state index is 12.1. The van der Waals surface area contributed by atoms with Crippen molar-refractivity contribution in [1.82, 2.24) is 4.90 Å². The standard InChI is InChI=1S/C12H21NO4/c1-12(2,17-3)8-10(14)13-7-5-4-6-9(13)11(15)16/h9H,4-8H2,1-3H3,(H,15,16)/t9-/m1/s1. The molecular weight excluding hydrogens is 222 g/mol. The lowest BCUT2D eigenvalue weighted by atomic mass is 9.98. The van der Waals surface area contributed by atoms with Gasteiger partial charge in [-0.25, -0.2) is 4.79 Å². The third-order valence-electron chi connectivity index (χ3n) is 3.24. The van der Waals surface area contributed by atoms with E-state index >= 15 is 0 Å². The summed E-state index contributed by atoms with van der Waals surface area (Å²) in [5, 5.41) is 9.09. The molecule has 0 aromatic carbocycles. The van der Waals surface area contributed by atoms with Crippen LogP contribution in [0.2, 0.25) is 0 Å². The zero-order valence-electron chi connectivity index (χ0n) is 10.7. The molecule has 0 radical (unpaired) electrons. The second-order valence-electron chi connectivity index (χ2n) is 5.08. The molecule has 1 aliphatic heterocycles. The SMILES string of the molecule is COC(C)(C)CC(=O)N1CCCC[C@@H]1C(=O)O. The minimum absolute atomic E-state index is 0.135. The molecule has 1 rings (SSSR count). The fourth-order valence-electron chi connectivity index (χ4n) is 2.02. The molecular formula is C12H21NO4. The Morgan fingerprint density at radius 3 is 2.59 bits per heavy atom. The first-order valence-electron chi connectivity index (χ1n) is 5.95. The number of carbonyl (C=O) groups excluding carboxylic acids is 1. The minimum atomic E-state index is -0.909. The second kappa shape index (κ2) is 5.49. The number of carbonyl (C=O) groups is 2. The summed E-state index contributed by atoms with van der Waals surface area (Å²) >= 11 is 0. The number of hydrogen-bond donors (Lipinski definition) is 1. The number of rotatable bonds is 4. The highest BCUT2D eigenvalue weighted by Crippen LogP contribution is 2.21. The van der Waals surface area contributed by atoms with Crippen molar-refractivity contribution in [1.29, 1.82) is 0 Å². The van der Waals surface area contributed by atoms with Gasteiger partial charge in [-0.1, -0.05) is 0 Å². The highest BCUT2D eigenvalue weighted by Gasteiger charge is 2.34. The van der Waals surface area contributed by atoms with Crippen LogP contribution in [0.25, 0.3) is 0 Å². The van der Waals surface area contributed by atoms with Gasteiger partial charge in [0, 0.05) is 13.7 Å². The van der Waals surface area contributed by atoms with E-state index in [2.05, 4.69) is 0 Å². The van der Waals surface area contributed by atoms with Crippen LogP contribution >= 0.6 is 0 Å². The number of piperidine rings is 1. The van der Waals surface area contributed by atoms with Crippen molar-refractivity contribution in [3.8, 4) is 0 Å². The number of aliphatic carboxylic acids is 1. The maximum Gasteiger partial charge on any atom is 0.326 e. The largest absolute Gasteiger partial charge is 0.480 e. The van der Waals surface area contributed by atoms with Gasteiger partial charge in [0.15, 0.2) is 0 Å². The normalized spacial score (nSPS) is 21.4. The van der Waals surface area contributed by atoms with Gasteiger partial charge in [-0.3, -0.25) is 4.79 Å². The van der Waals surface area contributed by atoms with Gasteiger partial charge in [-0.2, -0.15) is 0 Å². The fourth-order valence-corrected chi connectivity index (χ4v) is 2.02. The first-order chi connectivity index (χ1) is 7.87. The van der Waals surface area contributed by atoms with Crippen molar-refractivity contribution < 1.29 is 19.4 Å². The molecule has 5 heteroatoms. The van der Waals surface area contributed by atoms with Crippen LogP contribution in [0.1, 0.15) is 39.5 Å². The van der Waals surface area contributed by atoms with Gasteiger partial charge in [0.2, 0.25) is 5.91 Å². The van der Waals surface area contributed by atoms with Crippen molar-refractivity contribution in [2.45, 2.75) is 51.2 Å². The van der Waals surface area contributed by atoms with Crippen molar-refractivity contribution >= 4 is 11.9 Å². The summed E-state index contributed by atoms with van der Waals surface area (Å²) in [6.07, 6.45) is 2.51. The highest BCUT2D eigenvalue weighted by molar-refractivity contribution is 5.84. The zero-order valence-corrected chi connectivity index (χ0v) is 10.7. The van der Waals surface area contributed by atoms with Gasteiger partial charge in [-0.05, 0) is 33.1 Å². The van der Waals surface area contributed by atoms with Crippen LogP contribution in [0.5, 0.6) is 0 Å². The van der Waals surface area contributed by atoms with E-state index in [1.807, 2.05) is 13.8 Å². The summed E-state index contributed by atoms with van der Waals surface area (Å²) in [4.78, 5) is 24.6. The molecule has 1 N–H and O–H groups in total. The number of ether oxygens (including phenoxy) is 1. The summed E-state index contributed by atoms with van der Waals surface area (Å²) in [5.74, 6) is -1.04. The number of hydrogen-bond acceptors (Lipinski definition) is 3. The average molecular weight is 243 g/mol. The van der Waals surface area contributed by atoms with Crippen molar-refractivity contribution in [2.24, 2.45) is 0 Å². The third kappa shape index (κ3) is 3.70. The molecule has 0 saturated carbocycles. The second-order valence-corrected chi connectivity index (χ2v) is 5.08. The van der Waals surface area contributed by atoms with E-state index in [1.165, 1.54) is 4.90 Å². The molecule has 0 spiro atoms. The van der Waals surface area contributed by atoms with Gasteiger partial charge in [0.25, 0.3) is 0 Å². The summed E-state index contributed by atoms with van der Waals surface area (Å²) in [5.41, 5.74) is -0.544. The van der Waals surface area contributed by atoms with E-state index < -0.39 is 17.6 Å². The Kier molecular flexibility index (Phi) is 4.51. The Balaban J connectivity index is 2.69. The molecule has 1 saturated heterocycles. The van der Waals surface area contributed by atoms with E-state index in [-0.39, 0.29) is 12.3 Å². The van der Waals surface area contributed by atoms with Crippen LogP contribution in [-0.4, -0.2) is 47.2 Å². The van der Waals surface area contributed by atoms with Crippen molar-refractivity contribution in [2.75, 3.05) is 13.7 Å². The number of amides is 1. The first kappa shape index (κ1) is 14.0. The third-order valence-corrected chi connectivity index (χ3v) is 3.24. The smallest absolute Gasteiger partial charge is 0.326 e. The number of methoxy groups -OCH3 is 1. The molecule has 17 heavy (non-hydrogen) atoms. The predicted octanol–water partition coefficient (Wildman–Crippen LogP) is 1.27. The molecule has 0 bridgehead atoms. The van der Waals surface area contributed by atoms with Crippen LogP contribution in [-0.2, 0) is 14.3 Å². The van der Waals surface area contributed by atoms with Gasteiger partial charge >= 0.3 is 5.97 Å². The Morgan fingerprint density at radius 2 is 2.06 bits per heavy atom. The fraction of sp³-hybridized carbons (Fsp3) is 0.833. The summed E-state index contributed by atoms with van der Waals surface area (Å²) in [7, 11) is 1.55. The molecule has 0 unspecified atom stereocenters. The Bertz CT molecular complexity index is 301.